The van der Waals surface area contributed by atoms with Gasteiger partial charge in [-0.2, -0.15) is 10.2 Å². The highest BCUT2D eigenvalue weighted by Gasteiger charge is 2.18. The van der Waals surface area contributed by atoms with Crippen LogP contribution in [-0.2, 0) is 0 Å². The molecule has 1 aliphatic carbocycles. The van der Waals surface area contributed by atoms with Crippen molar-refractivity contribution in [3.63, 3.8) is 0 Å². The maximum absolute atomic E-state index is 9.19. The molecular weight excluding hydrogens is 204 g/mol. The molecule has 4 nitrogen and oxygen atoms in total. The van der Waals surface area contributed by atoms with Crippen molar-refractivity contribution in [3.05, 3.63) is 54.6 Å². The van der Waals surface area contributed by atoms with Gasteiger partial charge < -0.3 is 10.2 Å². The molecule has 1 aromatic carbocycles. The summed E-state index contributed by atoms with van der Waals surface area (Å²) in [5, 5.41) is 26.5. The molecule has 2 N–H and O–H groups in total. The third kappa shape index (κ3) is 2.85. The lowest BCUT2D eigenvalue weighted by atomic mass is 10.1. The van der Waals surface area contributed by atoms with Crippen LogP contribution in [-0.4, -0.2) is 22.0 Å². The Hall–Kier alpha value is -1.78. The van der Waals surface area contributed by atoms with E-state index in [9.17, 15) is 10.2 Å². The van der Waals surface area contributed by atoms with Gasteiger partial charge >= 0.3 is 0 Å². The largest absolute Gasteiger partial charge is 0.359 e. The van der Waals surface area contributed by atoms with E-state index in [2.05, 4.69) is 10.2 Å². The molecule has 0 radical (unpaired) electrons. The van der Waals surface area contributed by atoms with Gasteiger partial charge in [-0.25, -0.2) is 0 Å². The highest BCUT2D eigenvalue weighted by atomic mass is 16.5. The van der Waals surface area contributed by atoms with Crippen LogP contribution in [0.25, 0.3) is 0 Å². The Morgan fingerprint density at radius 1 is 1.00 bits per heavy atom. The Labute approximate surface area is 93.3 Å². The number of nitrogens with zero attached hydrogens (tertiary/aromatic N) is 2. The highest BCUT2D eigenvalue weighted by Crippen LogP contribution is 2.16. The molecule has 0 heterocycles. The monoisotopic (exact) mass is 216 g/mol. The highest BCUT2D eigenvalue weighted by molar-refractivity contribution is 5.35. The summed E-state index contributed by atoms with van der Waals surface area (Å²) in [6.07, 6.45) is 5.74. The second-order valence-electron chi connectivity index (χ2n) is 3.54. The van der Waals surface area contributed by atoms with Crippen LogP contribution in [0.3, 0.4) is 0 Å². The predicted octanol–water partition coefficient (Wildman–Crippen LogP) is 1.95. The van der Waals surface area contributed by atoms with E-state index in [0.29, 0.717) is 0 Å². The van der Waals surface area contributed by atoms with Crippen LogP contribution in [0, 0.1) is 0 Å². The van der Waals surface area contributed by atoms with Crippen LogP contribution in [0.5, 0.6) is 0 Å². The van der Waals surface area contributed by atoms with Gasteiger partial charge in [0.2, 0.25) is 5.79 Å². The standard InChI is InChI=1S/C12H12N2O2/c15-12(16)8-6-11(7-9-12)14-13-10-4-2-1-3-5-10/h1-9,11,15-16H. The quantitative estimate of drug-likeness (QED) is 0.451. The van der Waals surface area contributed by atoms with Crippen molar-refractivity contribution >= 4 is 5.69 Å². The molecule has 0 bridgehead atoms. The Morgan fingerprint density at radius 3 is 2.25 bits per heavy atom. The lowest BCUT2D eigenvalue weighted by Crippen LogP contribution is -2.25. The van der Waals surface area contributed by atoms with Crippen molar-refractivity contribution in [2.75, 3.05) is 0 Å². The first-order valence-corrected chi connectivity index (χ1v) is 4.95. The molecule has 0 saturated heterocycles. The van der Waals surface area contributed by atoms with Gasteiger partial charge in [-0.15, -0.1) is 0 Å². The van der Waals surface area contributed by atoms with E-state index in [1.807, 2.05) is 30.3 Å². The second-order valence-corrected chi connectivity index (χ2v) is 3.54. The summed E-state index contributed by atoms with van der Waals surface area (Å²) in [4.78, 5) is 0. The number of hydrogen-bond acceptors (Lipinski definition) is 4. The molecule has 16 heavy (non-hydrogen) atoms. The zero-order valence-corrected chi connectivity index (χ0v) is 8.56. The van der Waals surface area contributed by atoms with Gasteiger partial charge in [0.25, 0.3) is 0 Å². The van der Waals surface area contributed by atoms with Gasteiger partial charge in [0, 0.05) is 0 Å². The summed E-state index contributed by atoms with van der Waals surface area (Å²) in [5.74, 6) is -1.85. The van der Waals surface area contributed by atoms with E-state index in [1.54, 1.807) is 12.2 Å². The third-order valence-corrected chi connectivity index (χ3v) is 2.14. The maximum atomic E-state index is 9.19. The molecule has 1 aromatic rings. The first-order valence-electron chi connectivity index (χ1n) is 4.95. The van der Waals surface area contributed by atoms with Crippen LogP contribution in [0.15, 0.2) is 64.9 Å². The number of azo groups is 1. The summed E-state index contributed by atoms with van der Waals surface area (Å²) in [6.45, 7) is 0. The molecule has 0 spiro atoms. The van der Waals surface area contributed by atoms with E-state index >= 15 is 0 Å². The Bertz CT molecular complexity index is 420. The summed E-state index contributed by atoms with van der Waals surface area (Å²) < 4.78 is 0. The van der Waals surface area contributed by atoms with Gasteiger partial charge in [-0.05, 0) is 24.3 Å². The molecule has 0 fully saturated rings. The molecule has 0 unspecified atom stereocenters. The van der Waals surface area contributed by atoms with Gasteiger partial charge in [0.15, 0.2) is 0 Å². The van der Waals surface area contributed by atoms with Crippen LogP contribution in [0.4, 0.5) is 5.69 Å². The number of aliphatic hydroxyl groups is 2. The molecule has 82 valence electrons. The van der Waals surface area contributed by atoms with Gasteiger partial charge in [0.05, 0.1) is 5.69 Å². The van der Waals surface area contributed by atoms with Gasteiger partial charge in [0.1, 0.15) is 6.04 Å². The van der Waals surface area contributed by atoms with Crippen molar-refractivity contribution in [1.82, 2.24) is 0 Å². The fraction of sp³-hybridized carbons (Fsp3) is 0.167. The van der Waals surface area contributed by atoms with E-state index in [-0.39, 0.29) is 6.04 Å². The van der Waals surface area contributed by atoms with E-state index in [0.717, 1.165) is 5.69 Å². The Kier molecular flexibility index (Phi) is 2.94. The lowest BCUT2D eigenvalue weighted by Gasteiger charge is -2.16. The van der Waals surface area contributed by atoms with Crippen LogP contribution in [0.1, 0.15) is 0 Å². The third-order valence-electron chi connectivity index (χ3n) is 2.14. The van der Waals surface area contributed by atoms with Crippen LogP contribution in [0.2, 0.25) is 0 Å². The summed E-state index contributed by atoms with van der Waals surface area (Å²) >= 11 is 0. The first kappa shape index (κ1) is 10.7. The number of rotatable bonds is 2. The van der Waals surface area contributed by atoms with E-state index in [4.69, 9.17) is 0 Å². The SMILES string of the molecule is OC1(O)C=CC(N=Nc2ccccc2)C=C1. The Balaban J connectivity index is 2.03. The molecule has 0 aromatic heterocycles. The molecule has 0 aliphatic heterocycles. The molecule has 0 amide bonds. The summed E-state index contributed by atoms with van der Waals surface area (Å²) in [6, 6.07) is 9.13. The second kappa shape index (κ2) is 4.38. The van der Waals surface area contributed by atoms with Crippen molar-refractivity contribution in [2.24, 2.45) is 10.2 Å². The molecule has 4 heteroatoms. The van der Waals surface area contributed by atoms with Gasteiger partial charge in [-0.1, -0.05) is 30.4 Å². The van der Waals surface area contributed by atoms with Crippen molar-refractivity contribution in [3.8, 4) is 0 Å². The van der Waals surface area contributed by atoms with Crippen molar-refractivity contribution in [1.29, 1.82) is 0 Å². The topological polar surface area (TPSA) is 65.2 Å². The minimum atomic E-state index is -1.85. The molecule has 1 aliphatic rings. The molecule has 0 saturated carbocycles. The van der Waals surface area contributed by atoms with Crippen molar-refractivity contribution in [2.45, 2.75) is 11.8 Å². The van der Waals surface area contributed by atoms with Crippen molar-refractivity contribution < 1.29 is 10.2 Å². The molecular formula is C12H12N2O2. The molecule has 2 rings (SSSR count). The first-order chi connectivity index (χ1) is 7.66. The van der Waals surface area contributed by atoms with E-state index in [1.165, 1.54) is 12.2 Å². The maximum Gasteiger partial charge on any atom is 0.203 e. The number of hydrogen-bond donors (Lipinski definition) is 2. The predicted molar refractivity (Wildman–Crippen MR) is 60.2 cm³/mol. The Morgan fingerprint density at radius 2 is 1.62 bits per heavy atom. The summed E-state index contributed by atoms with van der Waals surface area (Å²) in [7, 11) is 0. The molecule has 0 atom stereocenters. The zero-order valence-electron chi connectivity index (χ0n) is 8.56. The summed E-state index contributed by atoms with van der Waals surface area (Å²) in [5.41, 5.74) is 0.772. The minimum absolute atomic E-state index is 0.243. The van der Waals surface area contributed by atoms with E-state index < -0.39 is 5.79 Å². The fourth-order valence-corrected chi connectivity index (χ4v) is 1.31. The average Bonchev–Trinajstić information content (AvgIpc) is 2.29. The lowest BCUT2D eigenvalue weighted by molar-refractivity contribution is -0.0754. The fourth-order valence-electron chi connectivity index (χ4n) is 1.31. The van der Waals surface area contributed by atoms with Gasteiger partial charge in [-0.3, -0.25) is 0 Å². The zero-order chi connectivity index (χ0) is 11.4. The minimum Gasteiger partial charge on any atom is -0.359 e. The average molecular weight is 216 g/mol. The number of benzene rings is 1. The van der Waals surface area contributed by atoms with Crippen LogP contribution < -0.4 is 0 Å². The smallest absolute Gasteiger partial charge is 0.203 e. The van der Waals surface area contributed by atoms with Crippen LogP contribution >= 0.6 is 0 Å². The normalized spacial score (nSPS) is 19.4.